The molecule has 6 heteroatoms. The van der Waals surface area contributed by atoms with E-state index in [9.17, 15) is 19.8 Å². The molecule has 0 spiro atoms. The third-order valence-electron chi connectivity index (χ3n) is 14.0. The number of unbranched alkanes of at least 4 members (excludes halogenated alkanes) is 38. The number of allylic oxidation sites excluding steroid dienone is 9. The molecule has 0 bridgehead atoms. The van der Waals surface area contributed by atoms with E-state index in [0.29, 0.717) is 19.4 Å². The molecule has 2 atom stereocenters. The summed E-state index contributed by atoms with van der Waals surface area (Å²) in [5.74, 6) is -0.114. The van der Waals surface area contributed by atoms with Crippen molar-refractivity contribution < 1.29 is 24.5 Å². The zero-order chi connectivity index (χ0) is 51.4. The van der Waals surface area contributed by atoms with Crippen molar-refractivity contribution in [2.75, 3.05) is 13.2 Å². The van der Waals surface area contributed by atoms with Crippen molar-refractivity contribution in [3.05, 3.63) is 60.8 Å². The molecule has 0 aliphatic rings. The number of hydrogen-bond donors (Lipinski definition) is 3. The molecule has 0 radical (unpaired) electrons. The lowest BCUT2D eigenvalue weighted by molar-refractivity contribution is -0.143. The Morgan fingerprint density at radius 1 is 0.394 bits per heavy atom. The Hall–Kier alpha value is -2.44. The molecule has 0 aliphatic heterocycles. The van der Waals surface area contributed by atoms with Gasteiger partial charge >= 0.3 is 5.97 Å². The minimum Gasteiger partial charge on any atom is -0.466 e. The van der Waals surface area contributed by atoms with Gasteiger partial charge in [0.15, 0.2) is 0 Å². The van der Waals surface area contributed by atoms with E-state index in [0.717, 1.165) is 96.3 Å². The maximum atomic E-state index is 12.5. The molecular weight excluding hydrogens is 875 g/mol. The van der Waals surface area contributed by atoms with Gasteiger partial charge in [-0.25, -0.2) is 0 Å². The highest BCUT2D eigenvalue weighted by Crippen LogP contribution is 2.16. The van der Waals surface area contributed by atoms with Gasteiger partial charge in [-0.3, -0.25) is 9.59 Å². The number of rotatable bonds is 57. The zero-order valence-electron chi connectivity index (χ0n) is 47.2. The van der Waals surface area contributed by atoms with E-state index in [-0.39, 0.29) is 18.5 Å². The van der Waals surface area contributed by atoms with Gasteiger partial charge in [0.25, 0.3) is 0 Å². The fourth-order valence-electron chi connectivity index (χ4n) is 9.22. The van der Waals surface area contributed by atoms with Gasteiger partial charge in [-0.05, 0) is 103 Å². The van der Waals surface area contributed by atoms with E-state index in [1.165, 1.54) is 193 Å². The number of nitrogens with one attached hydrogen (secondary N) is 1. The Kier molecular flexibility index (Phi) is 58.1. The third kappa shape index (κ3) is 56.7. The van der Waals surface area contributed by atoms with Gasteiger partial charge in [-0.2, -0.15) is 0 Å². The lowest BCUT2D eigenvalue weighted by Crippen LogP contribution is -2.45. The molecule has 0 aromatic heterocycles. The Bertz CT molecular complexity index is 1240. The molecule has 414 valence electrons. The highest BCUT2D eigenvalue weighted by Gasteiger charge is 2.18. The van der Waals surface area contributed by atoms with Crippen LogP contribution in [0.2, 0.25) is 0 Å². The summed E-state index contributed by atoms with van der Waals surface area (Å²) in [7, 11) is 0. The normalized spacial score (nSPS) is 13.0. The van der Waals surface area contributed by atoms with Crippen LogP contribution in [0.15, 0.2) is 60.8 Å². The van der Waals surface area contributed by atoms with Gasteiger partial charge in [0, 0.05) is 12.8 Å². The topological polar surface area (TPSA) is 95.9 Å². The number of ether oxygens (including phenoxy) is 1. The molecule has 3 N–H and O–H groups in total. The minimum absolute atomic E-state index is 0.0307. The van der Waals surface area contributed by atoms with Crippen LogP contribution in [0.1, 0.15) is 316 Å². The molecule has 0 saturated carbocycles. The van der Waals surface area contributed by atoms with Crippen molar-refractivity contribution in [2.24, 2.45) is 0 Å². The monoisotopic (exact) mass is 994 g/mol. The highest BCUT2D eigenvalue weighted by molar-refractivity contribution is 5.76. The Morgan fingerprint density at radius 3 is 1.10 bits per heavy atom. The molecule has 0 aliphatic carbocycles. The van der Waals surface area contributed by atoms with Crippen LogP contribution in [-0.2, 0) is 14.3 Å². The Labute approximate surface area is 441 Å². The number of aliphatic hydroxyl groups is 2. The zero-order valence-corrected chi connectivity index (χ0v) is 47.2. The average molecular weight is 995 g/mol. The SMILES string of the molecule is CCCCC/C=C\C/C=C\CCCCCCCC(=O)OCCCCC/C=C\C/C=C\CCCCCCCCCC(=O)NC(CO)C(O)/C=C/CCCCCCCCCCCCCCCCCCCCCC. The molecule has 0 aromatic carbocycles. The first-order valence-corrected chi connectivity index (χ1v) is 31.1. The van der Waals surface area contributed by atoms with Gasteiger partial charge in [0.1, 0.15) is 0 Å². The second kappa shape index (κ2) is 60.1. The molecular formula is C65H119NO5. The second-order valence-electron chi connectivity index (χ2n) is 21.0. The Balaban J connectivity index is 3.54. The van der Waals surface area contributed by atoms with Crippen molar-refractivity contribution in [3.63, 3.8) is 0 Å². The van der Waals surface area contributed by atoms with Gasteiger partial charge in [-0.1, -0.05) is 261 Å². The second-order valence-corrected chi connectivity index (χ2v) is 21.0. The lowest BCUT2D eigenvalue weighted by Gasteiger charge is -2.20. The molecule has 0 aromatic rings. The first kappa shape index (κ1) is 68.6. The van der Waals surface area contributed by atoms with Crippen molar-refractivity contribution in [2.45, 2.75) is 328 Å². The average Bonchev–Trinajstić information content (AvgIpc) is 3.37. The largest absolute Gasteiger partial charge is 0.466 e. The van der Waals surface area contributed by atoms with Gasteiger partial charge < -0.3 is 20.3 Å². The molecule has 0 rings (SSSR count). The number of aliphatic hydroxyl groups excluding tert-OH is 2. The fourth-order valence-corrected chi connectivity index (χ4v) is 9.22. The van der Waals surface area contributed by atoms with Crippen LogP contribution in [0.4, 0.5) is 0 Å². The van der Waals surface area contributed by atoms with Crippen LogP contribution < -0.4 is 5.32 Å². The van der Waals surface area contributed by atoms with Gasteiger partial charge in [-0.15, -0.1) is 0 Å². The first-order valence-electron chi connectivity index (χ1n) is 31.1. The van der Waals surface area contributed by atoms with E-state index in [1.807, 2.05) is 6.08 Å². The van der Waals surface area contributed by atoms with Crippen LogP contribution in [0, 0.1) is 0 Å². The van der Waals surface area contributed by atoms with Crippen LogP contribution >= 0.6 is 0 Å². The van der Waals surface area contributed by atoms with Crippen LogP contribution in [0.3, 0.4) is 0 Å². The number of carbonyl (C=O) groups is 2. The number of carbonyl (C=O) groups excluding carboxylic acids is 2. The molecule has 71 heavy (non-hydrogen) atoms. The predicted octanol–water partition coefficient (Wildman–Crippen LogP) is 19.5. The lowest BCUT2D eigenvalue weighted by atomic mass is 10.0. The number of amides is 1. The molecule has 0 fully saturated rings. The van der Waals surface area contributed by atoms with E-state index in [2.05, 4.69) is 67.8 Å². The minimum atomic E-state index is -0.858. The predicted molar refractivity (Wildman–Crippen MR) is 310 cm³/mol. The van der Waals surface area contributed by atoms with E-state index >= 15 is 0 Å². The quantitative estimate of drug-likeness (QED) is 0.0321. The van der Waals surface area contributed by atoms with Crippen LogP contribution in [0.25, 0.3) is 0 Å². The van der Waals surface area contributed by atoms with E-state index < -0.39 is 12.1 Å². The molecule has 2 unspecified atom stereocenters. The fraction of sp³-hybridized carbons (Fsp3) is 0.815. The summed E-state index contributed by atoms with van der Waals surface area (Å²) in [5.41, 5.74) is 0. The summed E-state index contributed by atoms with van der Waals surface area (Å²) < 4.78 is 5.45. The summed E-state index contributed by atoms with van der Waals surface area (Å²) >= 11 is 0. The van der Waals surface area contributed by atoms with Crippen LogP contribution in [-0.4, -0.2) is 47.4 Å². The van der Waals surface area contributed by atoms with E-state index in [1.54, 1.807) is 6.08 Å². The van der Waals surface area contributed by atoms with Crippen molar-refractivity contribution >= 4 is 11.9 Å². The van der Waals surface area contributed by atoms with Crippen molar-refractivity contribution in [3.8, 4) is 0 Å². The van der Waals surface area contributed by atoms with Crippen molar-refractivity contribution in [1.82, 2.24) is 5.32 Å². The Morgan fingerprint density at radius 2 is 0.704 bits per heavy atom. The highest BCUT2D eigenvalue weighted by atomic mass is 16.5. The van der Waals surface area contributed by atoms with Gasteiger partial charge in [0.05, 0.1) is 25.4 Å². The number of hydrogen-bond acceptors (Lipinski definition) is 5. The molecule has 0 heterocycles. The molecule has 1 amide bonds. The maximum Gasteiger partial charge on any atom is 0.305 e. The van der Waals surface area contributed by atoms with Crippen LogP contribution in [0.5, 0.6) is 0 Å². The standard InChI is InChI=1S/C65H119NO5/c1-3-5-7-9-11-13-15-17-19-20-21-22-23-24-26-30-33-37-41-45-49-53-57-63(68)62(61-67)66-64(69)58-54-50-46-42-38-34-31-27-25-28-32-36-40-44-48-52-56-60-71-65(70)59-55-51-47-43-39-35-29-18-16-14-12-10-8-6-4-2/h12,14,18,25,28-29,36,40,53,57,62-63,67-68H,3-11,13,15-17,19-24,26-27,30-35,37-39,41-52,54-56,58-61H2,1-2H3,(H,66,69)/b14-12-,28-25-,29-18-,40-36-,57-53+. The smallest absolute Gasteiger partial charge is 0.305 e. The maximum absolute atomic E-state index is 12.5. The molecule has 0 saturated heterocycles. The third-order valence-corrected chi connectivity index (χ3v) is 14.0. The summed E-state index contributed by atoms with van der Waals surface area (Å²) in [6, 6.07) is -0.643. The summed E-state index contributed by atoms with van der Waals surface area (Å²) in [6.07, 6.45) is 78.2. The number of esters is 1. The van der Waals surface area contributed by atoms with Gasteiger partial charge in [0.2, 0.25) is 5.91 Å². The molecule has 6 nitrogen and oxygen atoms in total. The summed E-state index contributed by atoms with van der Waals surface area (Å²) in [6.45, 7) is 4.84. The van der Waals surface area contributed by atoms with Crippen molar-refractivity contribution in [1.29, 1.82) is 0 Å². The first-order chi connectivity index (χ1) is 35.0. The summed E-state index contributed by atoms with van der Waals surface area (Å²) in [4.78, 5) is 24.5. The summed E-state index contributed by atoms with van der Waals surface area (Å²) in [5, 5.41) is 23.2. The van der Waals surface area contributed by atoms with E-state index in [4.69, 9.17) is 4.74 Å².